The standard InChI is InChI=1S/C15H24N2O2/c1-13(2)12-19-10-9-17(3)11-15(18)16-14-7-5-4-6-8-14/h4-8,13H,9-12H2,1-3H3,(H,16,18). The first-order valence-corrected chi connectivity index (χ1v) is 6.69. The fraction of sp³-hybridized carbons (Fsp3) is 0.533. The Kier molecular flexibility index (Phi) is 7.15. The quantitative estimate of drug-likeness (QED) is 0.732. The van der Waals surface area contributed by atoms with E-state index in [9.17, 15) is 4.79 Å². The van der Waals surface area contributed by atoms with Crippen LogP contribution in [-0.2, 0) is 9.53 Å². The molecule has 0 unspecified atom stereocenters. The van der Waals surface area contributed by atoms with E-state index < -0.39 is 0 Å². The molecule has 106 valence electrons. The van der Waals surface area contributed by atoms with E-state index in [1.807, 2.05) is 42.3 Å². The molecule has 0 aliphatic carbocycles. The first kappa shape index (κ1) is 15.7. The van der Waals surface area contributed by atoms with Crippen molar-refractivity contribution in [1.29, 1.82) is 0 Å². The van der Waals surface area contributed by atoms with Crippen LogP contribution in [0, 0.1) is 5.92 Å². The zero-order valence-electron chi connectivity index (χ0n) is 12.1. The lowest BCUT2D eigenvalue weighted by atomic mass is 10.2. The summed E-state index contributed by atoms with van der Waals surface area (Å²) in [4.78, 5) is 13.7. The van der Waals surface area contributed by atoms with Crippen LogP contribution in [0.5, 0.6) is 0 Å². The summed E-state index contributed by atoms with van der Waals surface area (Å²) in [5.41, 5.74) is 0.831. The van der Waals surface area contributed by atoms with Gasteiger partial charge >= 0.3 is 0 Å². The number of rotatable bonds is 8. The van der Waals surface area contributed by atoms with E-state index in [4.69, 9.17) is 4.74 Å². The number of ether oxygens (including phenoxy) is 1. The van der Waals surface area contributed by atoms with Crippen molar-refractivity contribution >= 4 is 11.6 Å². The third-order valence-electron chi connectivity index (χ3n) is 2.54. The maximum Gasteiger partial charge on any atom is 0.238 e. The number of benzene rings is 1. The van der Waals surface area contributed by atoms with Crippen molar-refractivity contribution in [3.05, 3.63) is 30.3 Å². The number of nitrogens with one attached hydrogen (secondary N) is 1. The predicted octanol–water partition coefficient (Wildman–Crippen LogP) is 2.23. The molecule has 0 bridgehead atoms. The van der Waals surface area contributed by atoms with E-state index in [1.165, 1.54) is 0 Å². The Bertz CT molecular complexity index is 366. The summed E-state index contributed by atoms with van der Waals surface area (Å²) in [6.45, 7) is 6.81. The van der Waals surface area contributed by atoms with Crippen molar-refractivity contribution in [3.63, 3.8) is 0 Å². The van der Waals surface area contributed by atoms with Crippen LogP contribution in [-0.4, -0.2) is 44.2 Å². The highest BCUT2D eigenvalue weighted by Gasteiger charge is 2.06. The van der Waals surface area contributed by atoms with E-state index >= 15 is 0 Å². The topological polar surface area (TPSA) is 41.6 Å². The fourth-order valence-corrected chi connectivity index (χ4v) is 1.59. The maximum absolute atomic E-state index is 11.8. The number of carbonyl (C=O) groups excluding carboxylic acids is 1. The minimum absolute atomic E-state index is 0.00226. The zero-order chi connectivity index (χ0) is 14.1. The van der Waals surface area contributed by atoms with Gasteiger partial charge in [-0.2, -0.15) is 0 Å². The average molecular weight is 264 g/mol. The molecule has 0 radical (unpaired) electrons. The molecule has 0 fully saturated rings. The number of hydrogen-bond donors (Lipinski definition) is 1. The molecular weight excluding hydrogens is 240 g/mol. The van der Waals surface area contributed by atoms with E-state index in [0.29, 0.717) is 19.1 Å². The second-order valence-electron chi connectivity index (χ2n) is 5.12. The van der Waals surface area contributed by atoms with Crippen LogP contribution in [0.1, 0.15) is 13.8 Å². The van der Waals surface area contributed by atoms with Gasteiger partial charge in [0.2, 0.25) is 5.91 Å². The molecule has 0 aromatic heterocycles. The summed E-state index contributed by atoms with van der Waals surface area (Å²) >= 11 is 0. The SMILES string of the molecule is CC(C)COCCN(C)CC(=O)Nc1ccccc1. The molecule has 0 atom stereocenters. The summed E-state index contributed by atoms with van der Waals surface area (Å²) in [6.07, 6.45) is 0. The van der Waals surface area contributed by atoms with Gasteiger partial charge in [-0.1, -0.05) is 32.0 Å². The van der Waals surface area contributed by atoms with Gasteiger partial charge in [-0.15, -0.1) is 0 Å². The van der Waals surface area contributed by atoms with Gasteiger partial charge in [-0.3, -0.25) is 9.69 Å². The van der Waals surface area contributed by atoms with Crippen LogP contribution in [0.15, 0.2) is 30.3 Å². The summed E-state index contributed by atoms with van der Waals surface area (Å²) in [5, 5.41) is 2.86. The Labute approximate surface area is 115 Å². The van der Waals surface area contributed by atoms with Crippen LogP contribution >= 0.6 is 0 Å². The number of hydrogen-bond acceptors (Lipinski definition) is 3. The van der Waals surface area contributed by atoms with E-state index in [-0.39, 0.29) is 5.91 Å². The zero-order valence-corrected chi connectivity index (χ0v) is 12.1. The third-order valence-corrected chi connectivity index (χ3v) is 2.54. The lowest BCUT2D eigenvalue weighted by Crippen LogP contribution is -2.32. The van der Waals surface area contributed by atoms with Gasteiger partial charge in [0.05, 0.1) is 13.2 Å². The number of anilines is 1. The molecule has 1 amide bonds. The first-order chi connectivity index (χ1) is 9.08. The predicted molar refractivity (Wildman–Crippen MR) is 78.2 cm³/mol. The van der Waals surface area contributed by atoms with Crippen LogP contribution in [0.3, 0.4) is 0 Å². The van der Waals surface area contributed by atoms with Gasteiger partial charge < -0.3 is 10.1 Å². The lowest BCUT2D eigenvalue weighted by molar-refractivity contribution is -0.117. The minimum atomic E-state index is -0.00226. The highest BCUT2D eigenvalue weighted by molar-refractivity contribution is 5.92. The Hall–Kier alpha value is -1.39. The molecular formula is C15H24N2O2. The number of nitrogens with zero attached hydrogens (tertiary/aromatic N) is 1. The summed E-state index contributed by atoms with van der Waals surface area (Å²) < 4.78 is 5.49. The van der Waals surface area contributed by atoms with Crippen LogP contribution in [0.25, 0.3) is 0 Å². The second-order valence-corrected chi connectivity index (χ2v) is 5.12. The summed E-state index contributed by atoms with van der Waals surface area (Å²) in [5.74, 6) is 0.546. The summed E-state index contributed by atoms with van der Waals surface area (Å²) in [6, 6.07) is 9.49. The van der Waals surface area contributed by atoms with Crippen LogP contribution in [0.2, 0.25) is 0 Å². The molecule has 1 aromatic rings. The molecule has 1 rings (SSSR count). The van der Waals surface area contributed by atoms with Crippen LogP contribution < -0.4 is 5.32 Å². The lowest BCUT2D eigenvalue weighted by Gasteiger charge is -2.16. The summed E-state index contributed by atoms with van der Waals surface area (Å²) in [7, 11) is 1.92. The smallest absolute Gasteiger partial charge is 0.238 e. The highest BCUT2D eigenvalue weighted by atomic mass is 16.5. The molecule has 0 saturated carbocycles. The minimum Gasteiger partial charge on any atom is -0.380 e. The molecule has 19 heavy (non-hydrogen) atoms. The Morgan fingerprint density at radius 1 is 1.32 bits per heavy atom. The van der Waals surface area contributed by atoms with Gasteiger partial charge in [0.1, 0.15) is 0 Å². The van der Waals surface area contributed by atoms with E-state index in [0.717, 1.165) is 18.8 Å². The van der Waals surface area contributed by atoms with Gasteiger partial charge in [-0.05, 0) is 25.1 Å². The molecule has 0 spiro atoms. The molecule has 1 N–H and O–H groups in total. The Morgan fingerprint density at radius 3 is 2.63 bits per heavy atom. The van der Waals surface area contributed by atoms with Crippen molar-refractivity contribution in [2.75, 3.05) is 38.7 Å². The Balaban J connectivity index is 2.17. The average Bonchev–Trinajstić information content (AvgIpc) is 2.35. The van der Waals surface area contributed by atoms with Gasteiger partial charge in [0.25, 0.3) is 0 Å². The van der Waals surface area contributed by atoms with E-state index in [2.05, 4.69) is 19.2 Å². The molecule has 4 heteroatoms. The second kappa shape index (κ2) is 8.67. The number of likely N-dealkylation sites (N-methyl/N-ethyl adjacent to an activating group) is 1. The van der Waals surface area contributed by atoms with Crippen molar-refractivity contribution in [3.8, 4) is 0 Å². The van der Waals surface area contributed by atoms with Crippen LogP contribution in [0.4, 0.5) is 5.69 Å². The molecule has 0 aliphatic rings. The highest BCUT2D eigenvalue weighted by Crippen LogP contribution is 2.04. The Morgan fingerprint density at radius 2 is 2.00 bits per heavy atom. The van der Waals surface area contributed by atoms with Gasteiger partial charge in [0.15, 0.2) is 0 Å². The van der Waals surface area contributed by atoms with E-state index in [1.54, 1.807) is 0 Å². The normalized spacial score (nSPS) is 11.0. The number of amides is 1. The third kappa shape index (κ3) is 7.59. The number of carbonyl (C=O) groups is 1. The van der Waals surface area contributed by atoms with Gasteiger partial charge in [0, 0.05) is 18.8 Å². The maximum atomic E-state index is 11.8. The van der Waals surface area contributed by atoms with Crippen molar-refractivity contribution in [2.24, 2.45) is 5.92 Å². The van der Waals surface area contributed by atoms with Crippen molar-refractivity contribution < 1.29 is 9.53 Å². The number of para-hydroxylation sites is 1. The van der Waals surface area contributed by atoms with Crippen molar-refractivity contribution in [2.45, 2.75) is 13.8 Å². The molecule has 0 saturated heterocycles. The van der Waals surface area contributed by atoms with Gasteiger partial charge in [-0.25, -0.2) is 0 Å². The molecule has 4 nitrogen and oxygen atoms in total. The monoisotopic (exact) mass is 264 g/mol. The van der Waals surface area contributed by atoms with Crippen molar-refractivity contribution in [1.82, 2.24) is 4.90 Å². The first-order valence-electron chi connectivity index (χ1n) is 6.69. The fourth-order valence-electron chi connectivity index (χ4n) is 1.59. The molecule has 0 heterocycles. The largest absolute Gasteiger partial charge is 0.380 e. The molecule has 0 aliphatic heterocycles. The molecule has 1 aromatic carbocycles.